The van der Waals surface area contributed by atoms with E-state index in [1.165, 1.54) is 0 Å². The van der Waals surface area contributed by atoms with Crippen LogP contribution in [0.25, 0.3) is 11.4 Å². The molecule has 10 heteroatoms. The zero-order chi connectivity index (χ0) is 27.6. The van der Waals surface area contributed by atoms with E-state index in [2.05, 4.69) is 58.5 Å². The Bertz CT molecular complexity index is 1420. The summed E-state index contributed by atoms with van der Waals surface area (Å²) < 4.78 is 3.64. The highest BCUT2D eigenvalue weighted by atomic mass is 16.4. The number of imidazole rings is 1. The van der Waals surface area contributed by atoms with Gasteiger partial charge in [-0.15, -0.1) is 10.2 Å². The van der Waals surface area contributed by atoms with E-state index in [4.69, 9.17) is 0 Å². The quantitative estimate of drug-likeness (QED) is 0.399. The Labute approximate surface area is 227 Å². The molecule has 1 aliphatic carbocycles. The lowest BCUT2D eigenvalue weighted by Gasteiger charge is -2.32. The summed E-state index contributed by atoms with van der Waals surface area (Å²) in [4.78, 5) is 30.8. The van der Waals surface area contributed by atoms with Crippen LogP contribution in [0.15, 0.2) is 52.5 Å². The van der Waals surface area contributed by atoms with Gasteiger partial charge in [0.2, 0.25) is 5.82 Å². The SMILES string of the molecule is CCCCc1cn(C2C(C(=O)O)CCC2C(C)C)c(=O)n1CC1(c2cccc(-c3nn[nH]n3)c2)C=CN=CC1. The molecule has 2 aromatic heterocycles. The van der Waals surface area contributed by atoms with Crippen molar-refractivity contribution in [3.63, 3.8) is 0 Å². The Morgan fingerprint density at radius 3 is 2.79 bits per heavy atom. The van der Waals surface area contributed by atoms with Gasteiger partial charge in [-0.2, -0.15) is 5.21 Å². The first-order valence-electron chi connectivity index (χ1n) is 13.9. The number of H-pyrrole nitrogens is 1. The first-order valence-corrected chi connectivity index (χ1v) is 13.9. The molecule has 1 fully saturated rings. The zero-order valence-corrected chi connectivity index (χ0v) is 22.8. The number of benzene rings is 1. The molecule has 1 aromatic carbocycles. The molecule has 3 aromatic rings. The van der Waals surface area contributed by atoms with E-state index in [1.807, 2.05) is 35.2 Å². The van der Waals surface area contributed by atoms with Crippen LogP contribution in [-0.2, 0) is 23.2 Å². The predicted octanol–water partition coefficient (Wildman–Crippen LogP) is 4.41. The Balaban J connectivity index is 1.60. The van der Waals surface area contributed by atoms with Gasteiger partial charge in [0, 0.05) is 41.8 Å². The number of aliphatic imine (C=N–C) groups is 1. The minimum Gasteiger partial charge on any atom is -0.481 e. The normalized spacial score (nSPS) is 24.6. The number of rotatable bonds is 10. The monoisotopic (exact) mass is 531 g/mol. The fourth-order valence-corrected chi connectivity index (χ4v) is 6.38. The van der Waals surface area contributed by atoms with Crippen LogP contribution < -0.4 is 5.69 Å². The third-order valence-corrected chi connectivity index (χ3v) is 8.55. The van der Waals surface area contributed by atoms with Crippen LogP contribution >= 0.6 is 0 Å². The van der Waals surface area contributed by atoms with Gasteiger partial charge in [0.15, 0.2) is 0 Å². The molecule has 0 bridgehead atoms. The summed E-state index contributed by atoms with van der Waals surface area (Å²) in [5, 5.41) is 24.5. The van der Waals surface area contributed by atoms with Crippen LogP contribution in [0.5, 0.6) is 0 Å². The Kier molecular flexibility index (Phi) is 7.63. The number of unbranched alkanes of at least 4 members (excludes halogenated alkanes) is 1. The summed E-state index contributed by atoms with van der Waals surface area (Å²) in [5.74, 6) is -0.453. The molecule has 2 aliphatic rings. The van der Waals surface area contributed by atoms with Gasteiger partial charge in [-0.25, -0.2) is 4.79 Å². The van der Waals surface area contributed by atoms with E-state index in [9.17, 15) is 14.7 Å². The molecule has 3 heterocycles. The number of carbonyl (C=O) groups is 1. The molecule has 0 radical (unpaired) electrons. The lowest BCUT2D eigenvalue weighted by Crippen LogP contribution is -2.39. The van der Waals surface area contributed by atoms with E-state index >= 15 is 0 Å². The van der Waals surface area contributed by atoms with Gasteiger partial charge in [-0.1, -0.05) is 51.5 Å². The molecule has 1 aliphatic heterocycles. The molecular formula is C29H37N7O3. The van der Waals surface area contributed by atoms with Gasteiger partial charge in [0.1, 0.15) is 0 Å². The average Bonchev–Trinajstić information content (AvgIpc) is 3.68. The number of nitrogens with zero attached hydrogens (tertiary/aromatic N) is 6. The highest BCUT2D eigenvalue weighted by Gasteiger charge is 2.44. The number of hydrogen-bond donors (Lipinski definition) is 2. The Hall–Kier alpha value is -3.82. The van der Waals surface area contributed by atoms with Gasteiger partial charge < -0.3 is 5.11 Å². The first-order chi connectivity index (χ1) is 18.8. The molecule has 5 rings (SSSR count). The number of carboxylic acids is 1. The molecule has 1 saturated carbocycles. The topological polar surface area (TPSA) is 131 Å². The third-order valence-electron chi connectivity index (χ3n) is 8.55. The molecule has 206 valence electrons. The number of aliphatic carboxylic acids is 1. The molecule has 10 nitrogen and oxygen atoms in total. The molecule has 2 N–H and O–H groups in total. The highest BCUT2D eigenvalue weighted by Crippen LogP contribution is 2.44. The zero-order valence-electron chi connectivity index (χ0n) is 22.8. The van der Waals surface area contributed by atoms with Crippen molar-refractivity contribution < 1.29 is 9.90 Å². The number of carboxylic acid groups (broad SMARTS) is 1. The van der Waals surface area contributed by atoms with Crippen LogP contribution in [0.2, 0.25) is 0 Å². The number of aromatic amines is 1. The van der Waals surface area contributed by atoms with Crippen molar-refractivity contribution in [2.24, 2.45) is 22.7 Å². The largest absolute Gasteiger partial charge is 0.481 e. The van der Waals surface area contributed by atoms with Crippen molar-refractivity contribution in [3.05, 3.63) is 64.5 Å². The highest BCUT2D eigenvalue weighted by molar-refractivity contribution is 5.71. The number of allylic oxidation sites excluding steroid dienone is 1. The van der Waals surface area contributed by atoms with Crippen LogP contribution in [-0.4, -0.2) is 47.0 Å². The van der Waals surface area contributed by atoms with Crippen LogP contribution in [0.3, 0.4) is 0 Å². The summed E-state index contributed by atoms with van der Waals surface area (Å²) in [7, 11) is 0. The van der Waals surface area contributed by atoms with Crippen LogP contribution in [0.1, 0.15) is 70.2 Å². The second-order valence-electron chi connectivity index (χ2n) is 11.2. The maximum atomic E-state index is 14.2. The number of nitrogens with one attached hydrogen (secondary N) is 1. The molecule has 4 unspecified atom stereocenters. The molecule has 0 spiro atoms. The van der Waals surface area contributed by atoms with Crippen LogP contribution in [0.4, 0.5) is 0 Å². The second kappa shape index (κ2) is 11.1. The number of hydrogen-bond acceptors (Lipinski definition) is 6. The Morgan fingerprint density at radius 1 is 1.28 bits per heavy atom. The van der Waals surface area contributed by atoms with E-state index in [0.717, 1.165) is 42.5 Å². The first kappa shape index (κ1) is 26.8. The number of aromatic nitrogens is 6. The summed E-state index contributed by atoms with van der Waals surface area (Å²) >= 11 is 0. The fourth-order valence-electron chi connectivity index (χ4n) is 6.38. The van der Waals surface area contributed by atoms with E-state index in [1.54, 1.807) is 10.8 Å². The van der Waals surface area contributed by atoms with E-state index in [0.29, 0.717) is 25.2 Å². The van der Waals surface area contributed by atoms with E-state index < -0.39 is 17.3 Å². The minimum absolute atomic E-state index is 0.130. The van der Waals surface area contributed by atoms with Gasteiger partial charge in [-0.05, 0) is 60.8 Å². The van der Waals surface area contributed by atoms with Gasteiger partial charge >= 0.3 is 11.7 Å². The van der Waals surface area contributed by atoms with Crippen molar-refractivity contribution >= 4 is 12.2 Å². The molecule has 0 saturated heterocycles. The van der Waals surface area contributed by atoms with Crippen molar-refractivity contribution in [2.45, 2.75) is 77.3 Å². The standard InChI is InChI=1S/C29H37N7O3/c1-4-5-9-22-17-35(25-23(19(2)3)10-11-24(25)27(37)38)28(39)36(22)18-29(12-14-30-15-13-29)21-8-6-7-20(16-21)26-31-33-34-32-26/h6-8,12,14-17,19,23-25H,4-5,9-11,13,18H2,1-3H3,(H,37,38)(H,31,32,33,34). The minimum atomic E-state index is -0.820. The summed E-state index contributed by atoms with van der Waals surface area (Å²) in [5.41, 5.74) is 2.16. The molecule has 0 amide bonds. The second-order valence-corrected chi connectivity index (χ2v) is 11.2. The van der Waals surface area contributed by atoms with Crippen molar-refractivity contribution in [2.75, 3.05) is 0 Å². The Morgan fingerprint density at radius 2 is 2.13 bits per heavy atom. The summed E-state index contributed by atoms with van der Waals surface area (Å²) in [6.45, 7) is 6.81. The average molecular weight is 532 g/mol. The number of tetrazole rings is 1. The molecular weight excluding hydrogens is 494 g/mol. The maximum Gasteiger partial charge on any atom is 0.328 e. The lowest BCUT2D eigenvalue weighted by atomic mass is 9.76. The van der Waals surface area contributed by atoms with Crippen molar-refractivity contribution in [1.29, 1.82) is 0 Å². The van der Waals surface area contributed by atoms with Crippen molar-refractivity contribution in [3.8, 4) is 11.4 Å². The maximum absolute atomic E-state index is 14.2. The van der Waals surface area contributed by atoms with Crippen molar-refractivity contribution in [1.82, 2.24) is 29.8 Å². The van der Waals surface area contributed by atoms with Gasteiger partial charge in [0.05, 0.1) is 12.0 Å². The van der Waals surface area contributed by atoms with Gasteiger partial charge in [0.25, 0.3) is 0 Å². The number of aryl methyl sites for hydroxylation is 1. The fraction of sp³-hybridized carbons (Fsp3) is 0.517. The molecule has 4 atom stereocenters. The smallest absolute Gasteiger partial charge is 0.328 e. The van der Waals surface area contributed by atoms with E-state index in [-0.39, 0.29) is 23.6 Å². The lowest BCUT2D eigenvalue weighted by molar-refractivity contribution is -0.143. The van der Waals surface area contributed by atoms with Crippen LogP contribution in [0, 0.1) is 17.8 Å². The summed E-state index contributed by atoms with van der Waals surface area (Å²) in [6, 6.07) is 7.67. The third kappa shape index (κ3) is 5.12. The predicted molar refractivity (Wildman–Crippen MR) is 149 cm³/mol. The molecule has 39 heavy (non-hydrogen) atoms. The van der Waals surface area contributed by atoms with Gasteiger partial charge in [-0.3, -0.25) is 18.9 Å². The summed E-state index contributed by atoms with van der Waals surface area (Å²) in [6.07, 6.45) is 12.4.